The Hall–Kier alpha value is -1.84. The molecule has 1 rings (SSSR count). The number of benzene rings is 1. The monoisotopic (exact) mass is 290 g/mol. The van der Waals surface area contributed by atoms with Crippen LogP contribution in [0.5, 0.6) is 5.75 Å². The number of phenols is 1. The Labute approximate surface area is 110 Å². The SMILES string of the molecule is COCCNS(=O)(=O)Nc1ccc(O)cc1C(=O)O. The van der Waals surface area contributed by atoms with Gasteiger partial charge >= 0.3 is 5.97 Å². The Morgan fingerprint density at radius 2 is 2.11 bits per heavy atom. The summed E-state index contributed by atoms with van der Waals surface area (Å²) in [5, 5.41) is 18.1. The van der Waals surface area contributed by atoms with Crippen molar-refractivity contribution in [2.75, 3.05) is 25.0 Å². The minimum Gasteiger partial charge on any atom is -0.508 e. The van der Waals surface area contributed by atoms with Gasteiger partial charge in [-0.1, -0.05) is 0 Å². The third-order valence-electron chi connectivity index (χ3n) is 2.08. The van der Waals surface area contributed by atoms with Crippen LogP contribution in [0.1, 0.15) is 10.4 Å². The van der Waals surface area contributed by atoms with E-state index >= 15 is 0 Å². The lowest BCUT2D eigenvalue weighted by Crippen LogP contribution is -2.33. The van der Waals surface area contributed by atoms with Crippen LogP contribution in [0.4, 0.5) is 5.69 Å². The Bertz CT molecular complexity index is 557. The average molecular weight is 290 g/mol. The molecule has 1 aromatic carbocycles. The van der Waals surface area contributed by atoms with Crippen molar-refractivity contribution in [3.05, 3.63) is 23.8 Å². The van der Waals surface area contributed by atoms with Gasteiger partial charge in [-0.2, -0.15) is 13.1 Å². The summed E-state index contributed by atoms with van der Waals surface area (Å²) in [6.45, 7) is 0.231. The van der Waals surface area contributed by atoms with Gasteiger partial charge in [0.25, 0.3) is 10.2 Å². The molecule has 0 amide bonds. The van der Waals surface area contributed by atoms with Crippen LogP contribution in [0.15, 0.2) is 18.2 Å². The number of carbonyl (C=O) groups is 1. The first-order valence-corrected chi connectivity index (χ1v) is 6.66. The summed E-state index contributed by atoms with van der Waals surface area (Å²) in [4.78, 5) is 10.9. The van der Waals surface area contributed by atoms with Gasteiger partial charge in [-0.05, 0) is 18.2 Å². The predicted octanol–water partition coefficient (Wildman–Crippen LogP) is -0.0169. The van der Waals surface area contributed by atoms with Gasteiger partial charge in [0.1, 0.15) is 5.75 Å². The van der Waals surface area contributed by atoms with E-state index in [4.69, 9.17) is 5.11 Å². The number of carboxylic acid groups (broad SMARTS) is 1. The molecule has 0 aliphatic heterocycles. The zero-order valence-corrected chi connectivity index (χ0v) is 10.9. The number of aromatic hydroxyl groups is 1. The molecule has 8 nitrogen and oxygen atoms in total. The lowest BCUT2D eigenvalue weighted by molar-refractivity contribution is 0.0697. The van der Waals surface area contributed by atoms with E-state index < -0.39 is 16.2 Å². The maximum absolute atomic E-state index is 11.6. The van der Waals surface area contributed by atoms with Crippen LogP contribution < -0.4 is 9.44 Å². The van der Waals surface area contributed by atoms with Crippen molar-refractivity contribution in [2.24, 2.45) is 0 Å². The van der Waals surface area contributed by atoms with E-state index in [1.165, 1.54) is 13.2 Å². The summed E-state index contributed by atoms with van der Waals surface area (Å²) < 4.78 is 32.1. The Kier molecular flexibility index (Phi) is 5.10. The maximum Gasteiger partial charge on any atom is 0.337 e. The van der Waals surface area contributed by atoms with Gasteiger partial charge < -0.3 is 14.9 Å². The molecule has 0 radical (unpaired) electrons. The number of carboxylic acids is 1. The van der Waals surface area contributed by atoms with E-state index in [9.17, 15) is 18.3 Å². The Balaban J connectivity index is 2.90. The van der Waals surface area contributed by atoms with E-state index in [2.05, 4.69) is 14.2 Å². The van der Waals surface area contributed by atoms with Crippen molar-refractivity contribution >= 4 is 21.9 Å². The normalized spacial score (nSPS) is 11.2. The van der Waals surface area contributed by atoms with E-state index in [1.54, 1.807) is 0 Å². The van der Waals surface area contributed by atoms with Crippen molar-refractivity contribution < 1.29 is 28.2 Å². The molecule has 106 valence electrons. The lowest BCUT2D eigenvalue weighted by Gasteiger charge is -2.11. The molecule has 0 saturated heterocycles. The second-order valence-electron chi connectivity index (χ2n) is 3.53. The van der Waals surface area contributed by atoms with Gasteiger partial charge in [-0.25, -0.2) is 4.79 Å². The van der Waals surface area contributed by atoms with Crippen LogP contribution >= 0.6 is 0 Å². The van der Waals surface area contributed by atoms with Crippen LogP contribution in [0, 0.1) is 0 Å². The lowest BCUT2D eigenvalue weighted by atomic mass is 10.2. The summed E-state index contributed by atoms with van der Waals surface area (Å²) in [6.07, 6.45) is 0. The van der Waals surface area contributed by atoms with Crippen molar-refractivity contribution in [2.45, 2.75) is 0 Å². The summed E-state index contributed by atoms with van der Waals surface area (Å²) in [7, 11) is -2.48. The molecule has 0 aromatic heterocycles. The standard InChI is InChI=1S/C10H14N2O6S/c1-18-5-4-11-19(16,17)12-9-3-2-7(13)6-8(9)10(14)15/h2-3,6,11-13H,4-5H2,1H3,(H,14,15). The quantitative estimate of drug-likeness (QED) is 0.413. The number of methoxy groups -OCH3 is 1. The third kappa shape index (κ3) is 4.73. The highest BCUT2D eigenvalue weighted by molar-refractivity contribution is 7.90. The van der Waals surface area contributed by atoms with Crippen molar-refractivity contribution in [1.29, 1.82) is 0 Å². The number of hydrogen-bond donors (Lipinski definition) is 4. The van der Waals surface area contributed by atoms with Crippen LogP contribution in [0.3, 0.4) is 0 Å². The molecule has 0 aliphatic carbocycles. The highest BCUT2D eigenvalue weighted by Gasteiger charge is 2.16. The first-order chi connectivity index (χ1) is 8.85. The highest BCUT2D eigenvalue weighted by atomic mass is 32.2. The zero-order chi connectivity index (χ0) is 14.5. The number of anilines is 1. The first-order valence-electron chi connectivity index (χ1n) is 5.18. The number of rotatable bonds is 7. The van der Waals surface area contributed by atoms with Crippen molar-refractivity contribution in [1.82, 2.24) is 4.72 Å². The summed E-state index contributed by atoms with van der Waals surface area (Å²) >= 11 is 0. The molecular formula is C10H14N2O6S. The van der Waals surface area contributed by atoms with Crippen LogP contribution in [0.2, 0.25) is 0 Å². The summed E-state index contributed by atoms with van der Waals surface area (Å²) in [5.74, 6) is -1.63. The van der Waals surface area contributed by atoms with E-state index in [1.807, 2.05) is 0 Å². The van der Waals surface area contributed by atoms with Gasteiger partial charge in [0.2, 0.25) is 0 Å². The molecule has 0 saturated carbocycles. The van der Waals surface area contributed by atoms with Gasteiger partial charge in [-0.3, -0.25) is 4.72 Å². The molecule has 9 heteroatoms. The van der Waals surface area contributed by atoms with Crippen LogP contribution in [-0.2, 0) is 14.9 Å². The van der Waals surface area contributed by atoms with Gasteiger partial charge in [0, 0.05) is 13.7 Å². The molecule has 1 aromatic rings. The second-order valence-corrected chi connectivity index (χ2v) is 5.03. The molecule has 4 N–H and O–H groups in total. The number of nitrogens with one attached hydrogen (secondary N) is 2. The van der Waals surface area contributed by atoms with Gasteiger partial charge in [-0.15, -0.1) is 0 Å². The number of ether oxygens (including phenoxy) is 1. The largest absolute Gasteiger partial charge is 0.508 e. The Morgan fingerprint density at radius 1 is 1.42 bits per heavy atom. The van der Waals surface area contributed by atoms with E-state index in [0.717, 1.165) is 12.1 Å². The Morgan fingerprint density at radius 3 is 2.68 bits per heavy atom. The number of hydrogen-bond acceptors (Lipinski definition) is 5. The molecule has 0 bridgehead atoms. The third-order valence-corrected chi connectivity index (χ3v) is 3.15. The summed E-state index contributed by atoms with van der Waals surface area (Å²) in [5.41, 5.74) is -0.493. The number of phenolic OH excluding ortho intramolecular Hbond substituents is 1. The fraction of sp³-hybridized carbons (Fsp3) is 0.300. The minimum atomic E-state index is -3.90. The zero-order valence-electron chi connectivity index (χ0n) is 10.1. The fourth-order valence-electron chi connectivity index (χ4n) is 1.26. The van der Waals surface area contributed by atoms with Crippen LogP contribution in [-0.4, -0.2) is 44.9 Å². The highest BCUT2D eigenvalue weighted by Crippen LogP contribution is 2.21. The molecule has 0 unspecified atom stereocenters. The van der Waals surface area contributed by atoms with E-state index in [0.29, 0.717) is 0 Å². The predicted molar refractivity (Wildman–Crippen MR) is 67.5 cm³/mol. The molecule has 0 fully saturated rings. The molecule has 0 atom stereocenters. The maximum atomic E-state index is 11.6. The molecular weight excluding hydrogens is 276 g/mol. The van der Waals surface area contributed by atoms with Crippen molar-refractivity contribution in [3.8, 4) is 5.75 Å². The topological polar surface area (TPSA) is 125 Å². The molecule has 0 heterocycles. The van der Waals surface area contributed by atoms with Gasteiger partial charge in [0.05, 0.1) is 17.9 Å². The minimum absolute atomic E-state index is 0.0479. The molecule has 0 spiro atoms. The smallest absolute Gasteiger partial charge is 0.337 e. The molecule has 0 aliphatic rings. The van der Waals surface area contributed by atoms with Gasteiger partial charge in [0.15, 0.2) is 0 Å². The summed E-state index contributed by atoms with van der Waals surface area (Å²) in [6, 6.07) is 3.29. The molecule has 19 heavy (non-hydrogen) atoms. The van der Waals surface area contributed by atoms with Crippen molar-refractivity contribution in [3.63, 3.8) is 0 Å². The van der Waals surface area contributed by atoms with Crippen LogP contribution in [0.25, 0.3) is 0 Å². The average Bonchev–Trinajstić information content (AvgIpc) is 2.31. The fourth-order valence-corrected chi connectivity index (χ4v) is 2.15. The van der Waals surface area contributed by atoms with E-state index in [-0.39, 0.29) is 30.2 Å². The number of aromatic carboxylic acids is 1. The second kappa shape index (κ2) is 6.36. The first kappa shape index (κ1) is 15.2.